The number of hydrogen-bond acceptors (Lipinski definition) is 3. The number of rotatable bonds is 4. The maximum atomic E-state index is 10.5. The van der Waals surface area contributed by atoms with Gasteiger partial charge in [0, 0.05) is 33.9 Å². The fourth-order valence-electron chi connectivity index (χ4n) is 3.30. The SMILES string of the molecule is Cc1[nH]c2ccccc2c1[C@H](Nc1ccccn1)c1ccccc1O. The Morgan fingerprint density at radius 1 is 0.960 bits per heavy atom. The lowest BCUT2D eigenvalue weighted by atomic mass is 9.95. The maximum absolute atomic E-state index is 10.5. The van der Waals surface area contributed by atoms with Gasteiger partial charge in [0.25, 0.3) is 0 Å². The van der Waals surface area contributed by atoms with E-state index >= 15 is 0 Å². The lowest BCUT2D eigenvalue weighted by molar-refractivity contribution is 0.466. The van der Waals surface area contributed by atoms with E-state index in [1.54, 1.807) is 12.3 Å². The largest absolute Gasteiger partial charge is 0.508 e. The summed E-state index contributed by atoms with van der Waals surface area (Å²) in [6.45, 7) is 2.06. The summed E-state index contributed by atoms with van der Waals surface area (Å²) in [6.07, 6.45) is 1.76. The van der Waals surface area contributed by atoms with Crippen molar-refractivity contribution in [3.8, 4) is 5.75 Å². The molecule has 2 heterocycles. The van der Waals surface area contributed by atoms with Crippen LogP contribution in [0.4, 0.5) is 5.82 Å². The number of aromatic hydroxyl groups is 1. The van der Waals surface area contributed by atoms with Crippen molar-refractivity contribution in [1.82, 2.24) is 9.97 Å². The van der Waals surface area contributed by atoms with Gasteiger partial charge in [0.1, 0.15) is 11.6 Å². The zero-order valence-electron chi connectivity index (χ0n) is 13.9. The van der Waals surface area contributed by atoms with Gasteiger partial charge in [-0.25, -0.2) is 4.98 Å². The van der Waals surface area contributed by atoms with E-state index in [2.05, 4.69) is 34.3 Å². The molecule has 4 aromatic rings. The number of aromatic nitrogens is 2. The topological polar surface area (TPSA) is 60.9 Å². The van der Waals surface area contributed by atoms with Crippen LogP contribution in [0, 0.1) is 6.92 Å². The van der Waals surface area contributed by atoms with Crippen LogP contribution in [0.2, 0.25) is 0 Å². The normalized spacial score (nSPS) is 12.2. The highest BCUT2D eigenvalue weighted by Gasteiger charge is 2.23. The number of pyridine rings is 1. The minimum Gasteiger partial charge on any atom is -0.508 e. The molecule has 4 nitrogen and oxygen atoms in total. The molecule has 0 aliphatic heterocycles. The third kappa shape index (κ3) is 2.83. The Bertz CT molecular complexity index is 1010. The Morgan fingerprint density at radius 3 is 2.52 bits per heavy atom. The minimum atomic E-state index is -0.216. The number of anilines is 1. The molecular weight excluding hydrogens is 310 g/mol. The Kier molecular flexibility index (Phi) is 3.86. The molecular formula is C21H19N3O. The number of nitrogens with one attached hydrogen (secondary N) is 2. The zero-order valence-corrected chi connectivity index (χ0v) is 13.9. The molecule has 0 unspecified atom stereocenters. The molecule has 0 amide bonds. The Morgan fingerprint density at radius 2 is 1.72 bits per heavy atom. The summed E-state index contributed by atoms with van der Waals surface area (Å²) in [4.78, 5) is 7.83. The van der Waals surface area contributed by atoms with Gasteiger partial charge in [0.05, 0.1) is 6.04 Å². The second kappa shape index (κ2) is 6.32. The average Bonchev–Trinajstić information content (AvgIpc) is 2.97. The van der Waals surface area contributed by atoms with Gasteiger partial charge in [0.2, 0.25) is 0 Å². The van der Waals surface area contributed by atoms with Crippen LogP contribution in [0.1, 0.15) is 22.9 Å². The van der Waals surface area contributed by atoms with Crippen molar-refractivity contribution in [3.63, 3.8) is 0 Å². The lowest BCUT2D eigenvalue weighted by Gasteiger charge is -2.21. The first-order valence-corrected chi connectivity index (χ1v) is 8.26. The van der Waals surface area contributed by atoms with Crippen molar-refractivity contribution in [1.29, 1.82) is 0 Å². The van der Waals surface area contributed by atoms with Crippen molar-refractivity contribution in [2.75, 3.05) is 5.32 Å². The average molecular weight is 329 g/mol. The van der Waals surface area contributed by atoms with E-state index in [1.807, 2.05) is 48.5 Å². The maximum Gasteiger partial charge on any atom is 0.126 e. The standard InChI is InChI=1S/C21H19N3O/c1-14-20(15-8-2-4-10-17(15)23-14)21(16-9-3-5-11-18(16)25)24-19-12-6-7-13-22-19/h2-13,21,23,25H,1H3,(H,22,24)/t21-/m1/s1. The number of phenols is 1. The summed E-state index contributed by atoms with van der Waals surface area (Å²) < 4.78 is 0. The molecule has 2 aromatic carbocycles. The molecule has 0 spiro atoms. The number of fused-ring (bicyclic) bond motifs is 1. The summed E-state index contributed by atoms with van der Waals surface area (Å²) in [7, 11) is 0. The highest BCUT2D eigenvalue weighted by Crippen LogP contribution is 2.37. The van der Waals surface area contributed by atoms with E-state index in [4.69, 9.17) is 0 Å². The minimum absolute atomic E-state index is 0.216. The van der Waals surface area contributed by atoms with Crippen molar-refractivity contribution in [2.45, 2.75) is 13.0 Å². The molecule has 0 saturated carbocycles. The molecule has 4 rings (SSSR count). The first-order valence-electron chi connectivity index (χ1n) is 8.26. The zero-order chi connectivity index (χ0) is 17.2. The monoisotopic (exact) mass is 329 g/mol. The van der Waals surface area contributed by atoms with Crippen LogP contribution in [0.15, 0.2) is 72.9 Å². The number of hydrogen-bond donors (Lipinski definition) is 3. The van der Waals surface area contributed by atoms with Crippen LogP contribution < -0.4 is 5.32 Å². The Labute approximate surface area is 146 Å². The predicted octanol–water partition coefficient (Wildman–Crippen LogP) is 4.78. The summed E-state index contributed by atoms with van der Waals surface area (Å²) >= 11 is 0. The van der Waals surface area contributed by atoms with Crippen LogP contribution in [-0.2, 0) is 0 Å². The molecule has 124 valence electrons. The number of H-pyrrole nitrogens is 1. The number of aromatic amines is 1. The number of nitrogens with zero attached hydrogens (tertiary/aromatic N) is 1. The fourth-order valence-corrected chi connectivity index (χ4v) is 3.30. The third-order valence-electron chi connectivity index (χ3n) is 4.44. The lowest BCUT2D eigenvalue weighted by Crippen LogP contribution is -2.14. The Hall–Kier alpha value is -3.27. The van der Waals surface area contributed by atoms with Gasteiger partial charge in [-0.05, 0) is 31.2 Å². The highest BCUT2D eigenvalue weighted by molar-refractivity contribution is 5.86. The molecule has 0 radical (unpaired) electrons. The first-order chi connectivity index (χ1) is 12.2. The third-order valence-corrected chi connectivity index (χ3v) is 4.44. The van der Waals surface area contributed by atoms with Crippen LogP contribution >= 0.6 is 0 Å². The van der Waals surface area contributed by atoms with Gasteiger partial charge in [-0.2, -0.15) is 0 Å². The van der Waals surface area contributed by atoms with Gasteiger partial charge < -0.3 is 15.4 Å². The molecule has 1 atom stereocenters. The van der Waals surface area contributed by atoms with E-state index in [0.29, 0.717) is 0 Å². The molecule has 0 fully saturated rings. The van der Waals surface area contributed by atoms with Crippen molar-refractivity contribution < 1.29 is 5.11 Å². The second-order valence-electron chi connectivity index (χ2n) is 6.06. The van der Waals surface area contributed by atoms with Crippen LogP contribution in [0.3, 0.4) is 0 Å². The van der Waals surface area contributed by atoms with Crippen molar-refractivity contribution in [3.05, 3.63) is 89.7 Å². The Balaban J connectivity index is 1.91. The van der Waals surface area contributed by atoms with Crippen molar-refractivity contribution in [2.24, 2.45) is 0 Å². The van der Waals surface area contributed by atoms with Gasteiger partial charge in [0.15, 0.2) is 0 Å². The molecule has 2 aromatic heterocycles. The predicted molar refractivity (Wildman–Crippen MR) is 101 cm³/mol. The van der Waals surface area contributed by atoms with Gasteiger partial charge in [-0.1, -0.05) is 42.5 Å². The van der Waals surface area contributed by atoms with E-state index in [0.717, 1.165) is 33.5 Å². The summed E-state index contributed by atoms with van der Waals surface area (Å²) in [5, 5.41) is 15.1. The molecule has 0 saturated heterocycles. The summed E-state index contributed by atoms with van der Waals surface area (Å²) in [5.41, 5.74) is 4.08. The number of phenolic OH excluding ortho intramolecular Hbond substituents is 1. The van der Waals surface area contributed by atoms with Crippen LogP contribution in [0.25, 0.3) is 10.9 Å². The van der Waals surface area contributed by atoms with Gasteiger partial charge >= 0.3 is 0 Å². The van der Waals surface area contributed by atoms with E-state index in [9.17, 15) is 5.11 Å². The number of para-hydroxylation sites is 2. The smallest absolute Gasteiger partial charge is 0.126 e. The second-order valence-corrected chi connectivity index (χ2v) is 6.06. The van der Waals surface area contributed by atoms with Crippen LogP contribution in [0.5, 0.6) is 5.75 Å². The first kappa shape index (κ1) is 15.3. The number of aryl methyl sites for hydroxylation is 1. The fraction of sp³-hybridized carbons (Fsp3) is 0.0952. The van der Waals surface area contributed by atoms with Gasteiger partial charge in [-0.15, -0.1) is 0 Å². The quantitative estimate of drug-likeness (QED) is 0.505. The van der Waals surface area contributed by atoms with E-state index in [-0.39, 0.29) is 11.8 Å². The molecule has 0 aliphatic carbocycles. The number of benzene rings is 2. The van der Waals surface area contributed by atoms with Crippen LogP contribution in [-0.4, -0.2) is 15.1 Å². The van der Waals surface area contributed by atoms with Gasteiger partial charge in [-0.3, -0.25) is 0 Å². The highest BCUT2D eigenvalue weighted by atomic mass is 16.3. The molecule has 0 bridgehead atoms. The van der Waals surface area contributed by atoms with E-state index in [1.165, 1.54) is 0 Å². The van der Waals surface area contributed by atoms with Crippen molar-refractivity contribution >= 4 is 16.7 Å². The molecule has 25 heavy (non-hydrogen) atoms. The summed E-state index contributed by atoms with van der Waals surface area (Å²) in [6, 6.07) is 21.2. The summed E-state index contributed by atoms with van der Waals surface area (Å²) in [5.74, 6) is 1.03. The molecule has 4 heteroatoms. The van der Waals surface area contributed by atoms with E-state index < -0.39 is 0 Å². The molecule has 3 N–H and O–H groups in total. The molecule has 0 aliphatic rings.